The van der Waals surface area contributed by atoms with E-state index in [2.05, 4.69) is 10.4 Å². The Labute approximate surface area is 86.4 Å². The SMILES string of the molecule is O=C1NCCN1/N=C/c1ccccc1F. The Morgan fingerprint density at radius 2 is 2.27 bits per heavy atom. The van der Waals surface area contributed by atoms with Crippen LogP contribution in [0.5, 0.6) is 0 Å². The third kappa shape index (κ3) is 2.12. The van der Waals surface area contributed by atoms with E-state index in [1.807, 2.05) is 0 Å². The molecule has 0 saturated carbocycles. The van der Waals surface area contributed by atoms with Crippen LogP contribution in [0.15, 0.2) is 29.4 Å². The van der Waals surface area contributed by atoms with E-state index in [-0.39, 0.29) is 11.8 Å². The van der Waals surface area contributed by atoms with E-state index in [4.69, 9.17) is 0 Å². The fourth-order valence-electron chi connectivity index (χ4n) is 1.28. The molecule has 0 unspecified atom stereocenters. The van der Waals surface area contributed by atoms with E-state index in [1.165, 1.54) is 17.3 Å². The lowest BCUT2D eigenvalue weighted by molar-refractivity contribution is 0.219. The quantitative estimate of drug-likeness (QED) is 0.727. The molecule has 4 nitrogen and oxygen atoms in total. The molecular weight excluding hydrogens is 197 g/mol. The molecule has 0 aliphatic carbocycles. The second-order valence-corrected chi connectivity index (χ2v) is 3.12. The molecule has 0 spiro atoms. The van der Waals surface area contributed by atoms with Gasteiger partial charge >= 0.3 is 6.03 Å². The van der Waals surface area contributed by atoms with E-state index in [0.717, 1.165) is 0 Å². The predicted octanol–water partition coefficient (Wildman–Crippen LogP) is 1.18. The largest absolute Gasteiger partial charge is 0.337 e. The maximum absolute atomic E-state index is 13.2. The Kier molecular flexibility index (Phi) is 2.62. The topological polar surface area (TPSA) is 44.7 Å². The molecule has 1 aromatic rings. The van der Waals surface area contributed by atoms with Crippen LogP contribution < -0.4 is 5.32 Å². The summed E-state index contributed by atoms with van der Waals surface area (Å²) in [6.07, 6.45) is 1.35. The molecular formula is C10H10FN3O. The van der Waals surface area contributed by atoms with Crippen LogP contribution in [0, 0.1) is 5.82 Å². The molecule has 0 bridgehead atoms. The number of carbonyl (C=O) groups is 1. The van der Waals surface area contributed by atoms with Crippen LogP contribution in [0.4, 0.5) is 9.18 Å². The highest BCUT2D eigenvalue weighted by Gasteiger charge is 2.17. The van der Waals surface area contributed by atoms with Gasteiger partial charge in [0.2, 0.25) is 0 Å². The van der Waals surface area contributed by atoms with E-state index < -0.39 is 0 Å². The molecule has 0 aromatic heterocycles. The minimum atomic E-state index is -0.346. The molecule has 5 heteroatoms. The molecule has 0 radical (unpaired) electrons. The lowest BCUT2D eigenvalue weighted by atomic mass is 10.2. The number of carbonyl (C=O) groups excluding carboxylic acids is 1. The number of hydrazone groups is 1. The second-order valence-electron chi connectivity index (χ2n) is 3.12. The smallest absolute Gasteiger partial charge is 0.335 e. The van der Waals surface area contributed by atoms with Gasteiger partial charge in [-0.05, 0) is 6.07 Å². The Balaban J connectivity index is 2.11. The molecule has 1 heterocycles. The van der Waals surface area contributed by atoms with Crippen molar-refractivity contribution >= 4 is 12.2 Å². The highest BCUT2D eigenvalue weighted by molar-refractivity contribution is 5.82. The van der Waals surface area contributed by atoms with Gasteiger partial charge in [0.05, 0.1) is 12.8 Å². The highest BCUT2D eigenvalue weighted by Crippen LogP contribution is 2.04. The zero-order valence-electron chi connectivity index (χ0n) is 7.98. The van der Waals surface area contributed by atoms with Crippen molar-refractivity contribution in [2.75, 3.05) is 13.1 Å². The molecule has 78 valence electrons. The van der Waals surface area contributed by atoms with Gasteiger partial charge in [0, 0.05) is 12.1 Å². The van der Waals surface area contributed by atoms with Crippen molar-refractivity contribution in [2.24, 2.45) is 5.10 Å². The van der Waals surface area contributed by atoms with E-state index in [1.54, 1.807) is 18.2 Å². The molecule has 1 saturated heterocycles. The van der Waals surface area contributed by atoms with Gasteiger partial charge < -0.3 is 5.32 Å². The highest BCUT2D eigenvalue weighted by atomic mass is 19.1. The maximum Gasteiger partial charge on any atom is 0.337 e. The molecule has 2 rings (SSSR count). The molecule has 1 aliphatic heterocycles. The number of hydrogen-bond acceptors (Lipinski definition) is 2. The summed E-state index contributed by atoms with van der Waals surface area (Å²) < 4.78 is 13.2. The van der Waals surface area contributed by atoms with Crippen molar-refractivity contribution in [1.82, 2.24) is 10.3 Å². The van der Waals surface area contributed by atoms with Gasteiger partial charge in [-0.15, -0.1) is 0 Å². The number of nitrogens with zero attached hydrogens (tertiary/aromatic N) is 2. The Hall–Kier alpha value is -1.91. The van der Waals surface area contributed by atoms with E-state index >= 15 is 0 Å². The third-order valence-corrected chi connectivity index (χ3v) is 2.08. The summed E-state index contributed by atoms with van der Waals surface area (Å²) in [5.74, 6) is -0.346. The Bertz CT molecular complexity index is 405. The zero-order chi connectivity index (χ0) is 10.7. The van der Waals surface area contributed by atoms with Crippen molar-refractivity contribution in [1.29, 1.82) is 0 Å². The summed E-state index contributed by atoms with van der Waals surface area (Å²) >= 11 is 0. The zero-order valence-corrected chi connectivity index (χ0v) is 7.98. The molecule has 1 aromatic carbocycles. The van der Waals surface area contributed by atoms with Crippen LogP contribution in [0.3, 0.4) is 0 Å². The van der Waals surface area contributed by atoms with Gasteiger partial charge in [-0.2, -0.15) is 5.10 Å². The fourth-order valence-corrected chi connectivity index (χ4v) is 1.28. The number of benzene rings is 1. The average molecular weight is 207 g/mol. The molecule has 1 N–H and O–H groups in total. The first-order valence-electron chi connectivity index (χ1n) is 4.61. The first-order valence-corrected chi connectivity index (χ1v) is 4.61. The normalized spacial score (nSPS) is 16.1. The number of halogens is 1. The van der Waals surface area contributed by atoms with Crippen molar-refractivity contribution < 1.29 is 9.18 Å². The van der Waals surface area contributed by atoms with E-state index in [9.17, 15) is 9.18 Å². The molecule has 1 aliphatic rings. The second kappa shape index (κ2) is 4.08. The van der Waals surface area contributed by atoms with Crippen LogP contribution in [0.2, 0.25) is 0 Å². The minimum Gasteiger partial charge on any atom is -0.335 e. The number of nitrogens with one attached hydrogen (secondary N) is 1. The third-order valence-electron chi connectivity index (χ3n) is 2.08. The first kappa shape index (κ1) is 9.64. The van der Waals surface area contributed by atoms with Crippen molar-refractivity contribution in [3.63, 3.8) is 0 Å². The fraction of sp³-hybridized carbons (Fsp3) is 0.200. The Morgan fingerprint density at radius 3 is 2.93 bits per heavy atom. The summed E-state index contributed by atoms with van der Waals surface area (Å²) in [5, 5.41) is 7.76. The predicted molar refractivity (Wildman–Crippen MR) is 54.1 cm³/mol. The maximum atomic E-state index is 13.2. The minimum absolute atomic E-state index is 0.248. The molecule has 15 heavy (non-hydrogen) atoms. The number of hydrogen-bond donors (Lipinski definition) is 1. The van der Waals surface area contributed by atoms with Crippen LogP contribution in [-0.4, -0.2) is 30.3 Å². The van der Waals surface area contributed by atoms with Crippen LogP contribution >= 0.6 is 0 Å². The van der Waals surface area contributed by atoms with Crippen LogP contribution in [-0.2, 0) is 0 Å². The van der Waals surface area contributed by atoms with Crippen molar-refractivity contribution in [2.45, 2.75) is 0 Å². The van der Waals surface area contributed by atoms with Crippen LogP contribution in [0.1, 0.15) is 5.56 Å². The lowest BCUT2D eigenvalue weighted by Crippen LogP contribution is -2.23. The average Bonchev–Trinajstić information content (AvgIpc) is 2.63. The molecule has 0 atom stereocenters. The van der Waals surface area contributed by atoms with Crippen molar-refractivity contribution in [3.05, 3.63) is 35.6 Å². The van der Waals surface area contributed by atoms with Gasteiger partial charge in [-0.1, -0.05) is 18.2 Å². The van der Waals surface area contributed by atoms with Gasteiger partial charge in [0.15, 0.2) is 0 Å². The summed E-state index contributed by atoms with van der Waals surface area (Å²) in [6.45, 7) is 1.09. The molecule has 1 fully saturated rings. The van der Waals surface area contributed by atoms with Crippen LogP contribution in [0.25, 0.3) is 0 Å². The standard InChI is InChI=1S/C10H10FN3O/c11-9-4-2-1-3-8(9)7-13-14-6-5-12-10(14)15/h1-4,7H,5-6H2,(H,12,15)/b13-7+. The monoisotopic (exact) mass is 207 g/mol. The van der Waals surface area contributed by atoms with Gasteiger partial charge in [-0.25, -0.2) is 14.2 Å². The van der Waals surface area contributed by atoms with E-state index in [0.29, 0.717) is 18.7 Å². The number of rotatable bonds is 2. The Morgan fingerprint density at radius 1 is 1.47 bits per heavy atom. The van der Waals surface area contributed by atoms with Crippen molar-refractivity contribution in [3.8, 4) is 0 Å². The summed E-state index contributed by atoms with van der Waals surface area (Å²) in [4.78, 5) is 11.1. The first-order chi connectivity index (χ1) is 7.27. The van der Waals surface area contributed by atoms with Gasteiger partial charge in [0.1, 0.15) is 5.82 Å². The number of urea groups is 1. The summed E-state index contributed by atoms with van der Waals surface area (Å²) in [5.41, 5.74) is 0.372. The molecule has 2 amide bonds. The van der Waals surface area contributed by atoms with Gasteiger partial charge in [0.25, 0.3) is 0 Å². The number of amides is 2. The van der Waals surface area contributed by atoms with Gasteiger partial charge in [-0.3, -0.25) is 0 Å². The summed E-state index contributed by atoms with van der Waals surface area (Å²) in [7, 11) is 0. The lowest BCUT2D eigenvalue weighted by Gasteiger charge is -2.05. The summed E-state index contributed by atoms with van der Waals surface area (Å²) in [6, 6.07) is 6.03.